The van der Waals surface area contributed by atoms with Crippen molar-refractivity contribution < 1.29 is 24.5 Å². The lowest BCUT2D eigenvalue weighted by atomic mass is 10.0. The third-order valence-electron chi connectivity index (χ3n) is 18.1. The number of allylic oxidation sites excluding steroid dienone is 1. The Kier molecular flexibility index (Phi) is 70.8. The van der Waals surface area contributed by atoms with Gasteiger partial charge in [-0.25, -0.2) is 0 Å². The lowest BCUT2D eigenvalue weighted by Gasteiger charge is -2.20. The van der Waals surface area contributed by atoms with Gasteiger partial charge in [0.2, 0.25) is 5.91 Å². The van der Waals surface area contributed by atoms with Crippen molar-refractivity contribution in [2.75, 3.05) is 13.2 Å². The van der Waals surface area contributed by atoms with Crippen molar-refractivity contribution in [2.45, 2.75) is 450 Å². The minimum atomic E-state index is -0.839. The van der Waals surface area contributed by atoms with E-state index in [2.05, 4.69) is 19.2 Å². The molecule has 1 amide bonds. The van der Waals surface area contributed by atoms with Gasteiger partial charge in [-0.3, -0.25) is 9.59 Å². The van der Waals surface area contributed by atoms with E-state index in [9.17, 15) is 19.8 Å². The van der Waals surface area contributed by atoms with Crippen LogP contribution in [-0.2, 0) is 14.3 Å². The summed E-state index contributed by atoms with van der Waals surface area (Å²) in [7, 11) is 0. The Labute approximate surface area is 514 Å². The van der Waals surface area contributed by atoms with Crippen LogP contribution in [0.5, 0.6) is 0 Å². The van der Waals surface area contributed by atoms with Crippen LogP contribution >= 0.6 is 0 Å². The maximum atomic E-state index is 12.5. The van der Waals surface area contributed by atoms with Crippen molar-refractivity contribution in [3.8, 4) is 0 Å². The van der Waals surface area contributed by atoms with E-state index in [1.807, 2.05) is 6.08 Å². The van der Waals surface area contributed by atoms with Gasteiger partial charge in [0, 0.05) is 12.8 Å². The highest BCUT2D eigenvalue weighted by molar-refractivity contribution is 5.76. The summed E-state index contributed by atoms with van der Waals surface area (Å²) >= 11 is 0. The first-order valence-electron chi connectivity index (χ1n) is 38.0. The summed E-state index contributed by atoms with van der Waals surface area (Å²) in [4.78, 5) is 24.6. The Hall–Kier alpha value is -1.40. The zero-order chi connectivity index (χ0) is 59.2. The average molecular weight is 1160 g/mol. The van der Waals surface area contributed by atoms with Gasteiger partial charge in [-0.2, -0.15) is 0 Å². The predicted octanol–water partition coefficient (Wildman–Crippen LogP) is 24.7. The van der Waals surface area contributed by atoms with Crippen molar-refractivity contribution >= 4 is 11.9 Å². The van der Waals surface area contributed by atoms with Crippen LogP contribution < -0.4 is 5.32 Å². The summed E-state index contributed by atoms with van der Waals surface area (Å²) in [5.41, 5.74) is 0. The van der Waals surface area contributed by atoms with Crippen LogP contribution in [0.1, 0.15) is 438 Å². The van der Waals surface area contributed by atoms with Gasteiger partial charge in [-0.05, 0) is 32.1 Å². The molecule has 0 heterocycles. The van der Waals surface area contributed by atoms with Gasteiger partial charge >= 0.3 is 5.97 Å². The Bertz CT molecular complexity index is 1240. The fraction of sp³-hybridized carbons (Fsp3) is 0.947. The molecule has 0 aliphatic heterocycles. The second kappa shape index (κ2) is 72.1. The Morgan fingerprint density at radius 3 is 0.829 bits per heavy atom. The number of ether oxygens (including phenoxy) is 1. The molecule has 0 aromatic heterocycles. The average Bonchev–Trinajstić information content (AvgIpc) is 3.48. The number of esters is 1. The van der Waals surface area contributed by atoms with E-state index in [1.54, 1.807) is 6.08 Å². The summed E-state index contributed by atoms with van der Waals surface area (Å²) in [5, 5.41) is 23.1. The topological polar surface area (TPSA) is 95.9 Å². The van der Waals surface area contributed by atoms with E-state index in [4.69, 9.17) is 4.74 Å². The number of aliphatic hydroxyl groups is 2. The molecule has 2 unspecified atom stereocenters. The third kappa shape index (κ3) is 67.7. The molecular formula is C76H149NO5. The highest BCUT2D eigenvalue weighted by Crippen LogP contribution is 2.20. The van der Waals surface area contributed by atoms with Gasteiger partial charge in [-0.15, -0.1) is 0 Å². The third-order valence-corrected chi connectivity index (χ3v) is 18.1. The first-order chi connectivity index (χ1) is 40.5. The number of rotatable bonds is 72. The lowest BCUT2D eigenvalue weighted by molar-refractivity contribution is -0.143. The summed E-state index contributed by atoms with van der Waals surface area (Å²) < 4.78 is 5.52. The van der Waals surface area contributed by atoms with E-state index >= 15 is 0 Å². The maximum Gasteiger partial charge on any atom is 0.305 e. The fourth-order valence-electron chi connectivity index (χ4n) is 12.3. The number of carbonyl (C=O) groups is 2. The molecule has 0 aromatic rings. The van der Waals surface area contributed by atoms with Gasteiger partial charge in [0.15, 0.2) is 0 Å². The molecule has 0 spiro atoms. The van der Waals surface area contributed by atoms with Crippen LogP contribution in [0.3, 0.4) is 0 Å². The van der Waals surface area contributed by atoms with Gasteiger partial charge < -0.3 is 20.3 Å². The Morgan fingerprint density at radius 2 is 0.561 bits per heavy atom. The first-order valence-corrected chi connectivity index (χ1v) is 38.0. The van der Waals surface area contributed by atoms with Crippen LogP contribution in [0.4, 0.5) is 0 Å². The van der Waals surface area contributed by atoms with Crippen molar-refractivity contribution in [2.24, 2.45) is 0 Å². The normalized spacial score (nSPS) is 12.5. The molecular weight excluding hydrogens is 1010 g/mol. The molecule has 0 fully saturated rings. The monoisotopic (exact) mass is 1160 g/mol. The second-order valence-corrected chi connectivity index (χ2v) is 26.4. The van der Waals surface area contributed by atoms with Gasteiger partial charge in [-0.1, -0.05) is 405 Å². The molecule has 0 rings (SSSR count). The Balaban J connectivity index is 3.29. The number of hydrogen-bond acceptors (Lipinski definition) is 5. The molecule has 6 heteroatoms. The molecule has 0 saturated carbocycles. The lowest BCUT2D eigenvalue weighted by Crippen LogP contribution is -2.45. The van der Waals surface area contributed by atoms with Gasteiger partial charge in [0.1, 0.15) is 0 Å². The molecule has 2 atom stereocenters. The molecule has 0 aliphatic carbocycles. The zero-order valence-corrected chi connectivity index (χ0v) is 56.0. The largest absolute Gasteiger partial charge is 0.466 e. The smallest absolute Gasteiger partial charge is 0.305 e. The van der Waals surface area contributed by atoms with Crippen LogP contribution in [-0.4, -0.2) is 47.4 Å². The molecule has 0 aromatic carbocycles. The first kappa shape index (κ1) is 80.6. The quantitative estimate of drug-likeness (QED) is 0.0320. The van der Waals surface area contributed by atoms with E-state index in [0.29, 0.717) is 19.4 Å². The maximum absolute atomic E-state index is 12.5. The molecule has 488 valence electrons. The van der Waals surface area contributed by atoms with Crippen molar-refractivity contribution in [3.63, 3.8) is 0 Å². The second-order valence-electron chi connectivity index (χ2n) is 26.4. The fourth-order valence-corrected chi connectivity index (χ4v) is 12.3. The van der Waals surface area contributed by atoms with Crippen LogP contribution in [0, 0.1) is 0 Å². The molecule has 6 nitrogen and oxygen atoms in total. The summed E-state index contributed by atoms with van der Waals surface area (Å²) in [6.45, 7) is 4.95. The van der Waals surface area contributed by atoms with E-state index in [-0.39, 0.29) is 18.5 Å². The predicted molar refractivity (Wildman–Crippen MR) is 361 cm³/mol. The van der Waals surface area contributed by atoms with E-state index < -0.39 is 12.1 Å². The van der Waals surface area contributed by atoms with E-state index in [1.165, 1.54) is 372 Å². The number of unbranched alkanes of at least 4 members (excludes halogenated alkanes) is 61. The van der Waals surface area contributed by atoms with Crippen LogP contribution in [0.25, 0.3) is 0 Å². The number of nitrogens with one attached hydrogen (secondary N) is 1. The van der Waals surface area contributed by atoms with Crippen LogP contribution in [0.15, 0.2) is 12.2 Å². The molecule has 0 bridgehead atoms. The number of aliphatic hydroxyl groups excluding tert-OH is 2. The molecule has 0 saturated heterocycles. The zero-order valence-electron chi connectivity index (χ0n) is 56.0. The van der Waals surface area contributed by atoms with Crippen molar-refractivity contribution in [1.82, 2.24) is 5.32 Å². The SMILES string of the molecule is CCCCCCCCCCCCC/C=C/C(O)C(CO)NC(=O)CCCCCCCCCCCCCCCCCCCCCCCCCCCCCCCCCCCOC(=O)CCCCCCCCCCCCCCCCCCCCC. The molecule has 0 radical (unpaired) electrons. The highest BCUT2D eigenvalue weighted by Gasteiger charge is 2.18. The van der Waals surface area contributed by atoms with E-state index in [0.717, 1.165) is 38.5 Å². The number of hydrogen-bond donors (Lipinski definition) is 3. The molecule has 0 aliphatic rings. The highest BCUT2D eigenvalue weighted by atomic mass is 16.5. The molecule has 82 heavy (non-hydrogen) atoms. The van der Waals surface area contributed by atoms with Crippen LogP contribution in [0.2, 0.25) is 0 Å². The van der Waals surface area contributed by atoms with Gasteiger partial charge in [0.05, 0.1) is 25.4 Å². The van der Waals surface area contributed by atoms with Gasteiger partial charge in [0.25, 0.3) is 0 Å². The number of carbonyl (C=O) groups excluding carboxylic acids is 2. The minimum absolute atomic E-state index is 0.0273. The summed E-state index contributed by atoms with van der Waals surface area (Å²) in [5.74, 6) is -0.0335. The van der Waals surface area contributed by atoms with Crippen molar-refractivity contribution in [1.29, 1.82) is 0 Å². The summed E-state index contributed by atoms with van der Waals surface area (Å²) in [6, 6.07) is -0.623. The molecule has 3 N–H and O–H groups in total. The minimum Gasteiger partial charge on any atom is -0.466 e. The standard InChI is InChI=1S/C76H149NO5/c1-3-5-7-9-11-13-15-17-18-19-35-39-42-46-50-54-58-62-66-70-76(81)82-71-67-63-59-55-51-47-43-40-37-34-32-30-28-26-24-22-20-21-23-25-27-29-31-33-36-38-41-45-49-53-57-61-65-69-75(80)77-73(72-78)74(79)68-64-60-56-52-48-44-16-14-12-10-8-6-4-2/h64,68,73-74,78-79H,3-63,65-67,69-72H2,1-2H3,(H,77,80)/b68-64+. The number of amides is 1. The van der Waals surface area contributed by atoms with Crippen molar-refractivity contribution in [3.05, 3.63) is 12.2 Å². The Morgan fingerprint density at radius 1 is 0.329 bits per heavy atom. The summed E-state index contributed by atoms with van der Waals surface area (Å²) in [6.07, 6.45) is 90.5.